The van der Waals surface area contributed by atoms with Crippen LogP contribution >= 0.6 is 11.8 Å². The molecule has 1 aromatic heterocycles. The Morgan fingerprint density at radius 3 is 2.67 bits per heavy atom. The molecule has 2 rings (SSSR count). The van der Waals surface area contributed by atoms with Gasteiger partial charge < -0.3 is 5.73 Å². The van der Waals surface area contributed by atoms with Crippen LogP contribution in [-0.4, -0.2) is 27.1 Å². The molecule has 0 spiro atoms. The maximum absolute atomic E-state index is 5.52. The lowest BCUT2D eigenvalue weighted by atomic mass is 10.3. The smallest absolute Gasteiger partial charge is 0.195 e. The molecule has 0 aliphatic heterocycles. The Balaban J connectivity index is 2.28. The van der Waals surface area contributed by atoms with E-state index in [1.54, 1.807) is 11.8 Å². The molecule has 0 fully saturated rings. The van der Waals surface area contributed by atoms with E-state index < -0.39 is 0 Å². The van der Waals surface area contributed by atoms with Crippen LogP contribution < -0.4 is 5.73 Å². The monoisotopic (exact) mass is 262 g/mol. The molecule has 0 aliphatic rings. The van der Waals surface area contributed by atoms with Crippen molar-refractivity contribution in [3.8, 4) is 5.69 Å². The number of aryl methyl sites for hydroxylation is 1. The number of hydrogen-bond donors (Lipinski definition) is 1. The van der Waals surface area contributed by atoms with Crippen LogP contribution in [0, 0.1) is 0 Å². The summed E-state index contributed by atoms with van der Waals surface area (Å²) in [6, 6.07) is 10.2. The second-order valence-corrected chi connectivity index (χ2v) is 4.98. The highest BCUT2D eigenvalue weighted by Crippen LogP contribution is 2.22. The van der Waals surface area contributed by atoms with E-state index in [-0.39, 0.29) is 0 Å². The number of aromatic nitrogens is 3. The van der Waals surface area contributed by atoms with Crippen molar-refractivity contribution in [2.75, 3.05) is 12.3 Å². The van der Waals surface area contributed by atoms with E-state index in [4.69, 9.17) is 5.73 Å². The highest BCUT2D eigenvalue weighted by atomic mass is 32.2. The van der Waals surface area contributed by atoms with Crippen LogP contribution in [0.1, 0.15) is 19.2 Å². The largest absolute Gasteiger partial charge is 0.330 e. The predicted molar refractivity (Wildman–Crippen MR) is 75.1 cm³/mol. The Hall–Kier alpha value is -1.33. The maximum atomic E-state index is 5.52. The van der Waals surface area contributed by atoms with Crippen molar-refractivity contribution in [1.29, 1.82) is 0 Å². The molecule has 96 valence electrons. The van der Waals surface area contributed by atoms with Gasteiger partial charge in [0.05, 0.1) is 0 Å². The Labute approximate surface area is 112 Å². The molecule has 1 heterocycles. The van der Waals surface area contributed by atoms with Crippen molar-refractivity contribution >= 4 is 11.8 Å². The molecule has 0 bridgehead atoms. The van der Waals surface area contributed by atoms with Crippen LogP contribution in [0.15, 0.2) is 35.5 Å². The number of nitrogens with two attached hydrogens (primary N) is 1. The van der Waals surface area contributed by atoms with Gasteiger partial charge in [-0.3, -0.25) is 4.57 Å². The van der Waals surface area contributed by atoms with Gasteiger partial charge in [0, 0.05) is 17.9 Å². The summed E-state index contributed by atoms with van der Waals surface area (Å²) in [6.45, 7) is 2.81. The van der Waals surface area contributed by atoms with Crippen LogP contribution in [0.5, 0.6) is 0 Å². The molecule has 4 nitrogen and oxygen atoms in total. The Morgan fingerprint density at radius 1 is 1.22 bits per heavy atom. The minimum absolute atomic E-state index is 0.715. The standard InChI is InChI=1S/C13H18N4S/c1-2-12-15-16-13(18-10-6-9-14)17(12)11-7-4-3-5-8-11/h3-5,7-8H,2,6,9-10,14H2,1H3. The van der Waals surface area contributed by atoms with Gasteiger partial charge in [-0.05, 0) is 25.1 Å². The van der Waals surface area contributed by atoms with E-state index in [1.807, 2.05) is 18.2 Å². The quantitative estimate of drug-likeness (QED) is 0.641. The summed E-state index contributed by atoms with van der Waals surface area (Å²) in [7, 11) is 0. The minimum atomic E-state index is 0.715. The lowest BCUT2D eigenvalue weighted by Gasteiger charge is -2.08. The summed E-state index contributed by atoms with van der Waals surface area (Å²) < 4.78 is 2.13. The maximum Gasteiger partial charge on any atom is 0.195 e. The van der Waals surface area contributed by atoms with E-state index in [0.29, 0.717) is 6.54 Å². The molecule has 1 aromatic carbocycles. The molecule has 0 amide bonds. The molecule has 0 unspecified atom stereocenters. The highest BCUT2D eigenvalue weighted by molar-refractivity contribution is 7.99. The Kier molecular flexibility index (Phi) is 4.78. The van der Waals surface area contributed by atoms with Crippen molar-refractivity contribution in [3.63, 3.8) is 0 Å². The molecule has 0 atom stereocenters. The molecule has 2 N–H and O–H groups in total. The normalized spacial score (nSPS) is 10.8. The third-order valence-corrected chi connectivity index (χ3v) is 3.63. The molecule has 18 heavy (non-hydrogen) atoms. The van der Waals surface area contributed by atoms with Crippen LogP contribution in [0.4, 0.5) is 0 Å². The number of para-hydroxylation sites is 1. The van der Waals surface area contributed by atoms with Crippen molar-refractivity contribution in [2.45, 2.75) is 24.9 Å². The number of thioether (sulfide) groups is 1. The van der Waals surface area contributed by atoms with Crippen LogP contribution in [0.25, 0.3) is 5.69 Å². The first-order valence-electron chi connectivity index (χ1n) is 6.19. The topological polar surface area (TPSA) is 56.7 Å². The van der Waals surface area contributed by atoms with Crippen molar-refractivity contribution in [1.82, 2.24) is 14.8 Å². The molecule has 5 heteroatoms. The fourth-order valence-electron chi connectivity index (χ4n) is 1.71. The molecule has 0 aliphatic carbocycles. The molecule has 0 radical (unpaired) electrons. The van der Waals surface area contributed by atoms with Gasteiger partial charge in [0.1, 0.15) is 5.82 Å². The summed E-state index contributed by atoms with van der Waals surface area (Å²) in [5, 5.41) is 9.47. The van der Waals surface area contributed by atoms with Gasteiger partial charge >= 0.3 is 0 Å². The van der Waals surface area contributed by atoms with Crippen LogP contribution in [0.3, 0.4) is 0 Å². The molecule has 2 aromatic rings. The van der Waals surface area contributed by atoms with E-state index in [9.17, 15) is 0 Å². The number of nitrogens with zero attached hydrogens (tertiary/aromatic N) is 3. The highest BCUT2D eigenvalue weighted by Gasteiger charge is 2.12. The van der Waals surface area contributed by atoms with Gasteiger partial charge in [-0.1, -0.05) is 36.9 Å². The van der Waals surface area contributed by atoms with Gasteiger partial charge in [-0.2, -0.15) is 0 Å². The molecule has 0 saturated carbocycles. The summed E-state index contributed by atoms with van der Waals surface area (Å²) in [5.74, 6) is 1.97. The third kappa shape index (κ3) is 2.91. The van der Waals surface area contributed by atoms with Crippen LogP contribution in [-0.2, 0) is 6.42 Å². The first-order valence-corrected chi connectivity index (χ1v) is 7.18. The van der Waals surface area contributed by atoms with E-state index in [0.717, 1.165) is 35.3 Å². The number of hydrogen-bond acceptors (Lipinski definition) is 4. The number of rotatable bonds is 6. The summed E-state index contributed by atoms with van der Waals surface area (Å²) >= 11 is 1.71. The van der Waals surface area contributed by atoms with Gasteiger partial charge in [0.2, 0.25) is 0 Å². The first-order chi connectivity index (χ1) is 8.86. The average Bonchev–Trinajstić information content (AvgIpc) is 2.83. The zero-order chi connectivity index (χ0) is 12.8. The first kappa shape index (κ1) is 13.1. The van der Waals surface area contributed by atoms with Gasteiger partial charge in [0.15, 0.2) is 5.16 Å². The second kappa shape index (κ2) is 6.56. The molecule has 0 saturated heterocycles. The lowest BCUT2D eigenvalue weighted by molar-refractivity contribution is 0.834. The van der Waals surface area contributed by atoms with Crippen molar-refractivity contribution in [2.24, 2.45) is 5.73 Å². The van der Waals surface area contributed by atoms with E-state index >= 15 is 0 Å². The zero-order valence-corrected chi connectivity index (χ0v) is 11.4. The molecular weight excluding hydrogens is 244 g/mol. The van der Waals surface area contributed by atoms with Gasteiger partial charge in [-0.15, -0.1) is 10.2 Å². The van der Waals surface area contributed by atoms with Gasteiger partial charge in [0.25, 0.3) is 0 Å². The minimum Gasteiger partial charge on any atom is -0.330 e. The number of benzene rings is 1. The molecular formula is C13H18N4S. The lowest BCUT2D eigenvalue weighted by Crippen LogP contribution is -2.03. The zero-order valence-electron chi connectivity index (χ0n) is 10.5. The Morgan fingerprint density at radius 2 is 2.00 bits per heavy atom. The SMILES string of the molecule is CCc1nnc(SCCCN)n1-c1ccccc1. The summed E-state index contributed by atoms with van der Waals surface area (Å²) in [4.78, 5) is 0. The van der Waals surface area contributed by atoms with E-state index in [2.05, 4.69) is 33.8 Å². The second-order valence-electron chi connectivity index (χ2n) is 3.91. The van der Waals surface area contributed by atoms with Crippen molar-refractivity contribution < 1.29 is 0 Å². The average molecular weight is 262 g/mol. The van der Waals surface area contributed by atoms with Crippen molar-refractivity contribution in [3.05, 3.63) is 36.2 Å². The van der Waals surface area contributed by atoms with Crippen LogP contribution in [0.2, 0.25) is 0 Å². The predicted octanol–water partition coefficient (Wildman–Crippen LogP) is 2.27. The fourth-order valence-corrected chi connectivity index (χ4v) is 2.64. The van der Waals surface area contributed by atoms with E-state index in [1.165, 1.54) is 0 Å². The van der Waals surface area contributed by atoms with Gasteiger partial charge in [-0.25, -0.2) is 0 Å². The Bertz CT molecular complexity index is 481. The fraction of sp³-hybridized carbons (Fsp3) is 0.385. The third-order valence-electron chi connectivity index (χ3n) is 2.61. The summed E-state index contributed by atoms with van der Waals surface area (Å²) in [5.41, 5.74) is 6.64. The summed E-state index contributed by atoms with van der Waals surface area (Å²) in [6.07, 6.45) is 1.87.